The van der Waals surface area contributed by atoms with E-state index in [9.17, 15) is 18.0 Å². The molecular weight excluding hydrogens is 548 g/mol. The fraction of sp³-hybridized carbons (Fsp3) is 0.533. The Morgan fingerprint density at radius 1 is 1.02 bits per heavy atom. The Morgan fingerprint density at radius 3 is 2.35 bits per heavy atom. The molecule has 2 fully saturated rings. The molecule has 2 heterocycles. The molecule has 10 heteroatoms. The minimum atomic E-state index is -3.39. The maximum Gasteiger partial charge on any atom is 0.230 e. The number of carbonyl (C=O) groups excluding carboxylic acids is 2. The third-order valence-corrected chi connectivity index (χ3v) is 11.0. The zero-order chi connectivity index (χ0) is 28.9. The summed E-state index contributed by atoms with van der Waals surface area (Å²) < 4.78 is 26.5. The average Bonchev–Trinajstić information content (AvgIpc) is 2.97. The van der Waals surface area contributed by atoms with Gasteiger partial charge in [-0.2, -0.15) is 0 Å². The molecule has 1 N–H and O–H groups in total. The minimum absolute atomic E-state index is 0.0520. The van der Waals surface area contributed by atoms with Gasteiger partial charge in [0.25, 0.3) is 0 Å². The Kier molecular flexibility index (Phi) is 10.1. The standard InChI is InChI=1S/C30H41ClN4O4S/c1-22-8-9-26(21-29(22)31)35(30(37)24-10-18-34(19-11-24)23(2)36)15-5-14-33-16-12-27(13-17-33)40(38,39)28-7-4-6-25(20-28)32-3/h4,6-9,20-21,24,27,32H,5,10-19H2,1-3H3. The fourth-order valence-corrected chi connectivity index (χ4v) is 7.65. The first kappa shape index (κ1) is 30.3. The highest BCUT2D eigenvalue weighted by Crippen LogP contribution is 2.29. The molecule has 0 atom stereocenters. The van der Waals surface area contributed by atoms with Crippen molar-refractivity contribution in [2.45, 2.75) is 56.1 Å². The summed E-state index contributed by atoms with van der Waals surface area (Å²) in [6, 6.07) is 12.8. The number of amides is 2. The number of hydrogen-bond acceptors (Lipinski definition) is 6. The summed E-state index contributed by atoms with van der Waals surface area (Å²) in [6.45, 7) is 7.48. The van der Waals surface area contributed by atoms with Crippen molar-refractivity contribution in [1.29, 1.82) is 0 Å². The van der Waals surface area contributed by atoms with Crippen LogP contribution in [-0.4, -0.2) is 81.6 Å². The predicted molar refractivity (Wildman–Crippen MR) is 161 cm³/mol. The molecule has 0 spiro atoms. The van der Waals surface area contributed by atoms with E-state index in [1.807, 2.05) is 36.1 Å². The maximum absolute atomic E-state index is 13.7. The van der Waals surface area contributed by atoms with Crippen LogP contribution in [0.3, 0.4) is 0 Å². The summed E-state index contributed by atoms with van der Waals surface area (Å²) in [5.74, 6) is 0.00546. The summed E-state index contributed by atoms with van der Waals surface area (Å²) in [4.78, 5) is 31.7. The normalized spacial score (nSPS) is 17.6. The largest absolute Gasteiger partial charge is 0.388 e. The molecule has 4 rings (SSSR count). The Balaban J connectivity index is 1.35. The molecular formula is C30H41ClN4O4S. The lowest BCUT2D eigenvalue weighted by atomic mass is 9.94. The van der Waals surface area contributed by atoms with E-state index in [1.165, 1.54) is 0 Å². The van der Waals surface area contributed by atoms with E-state index in [1.54, 1.807) is 37.1 Å². The van der Waals surface area contributed by atoms with E-state index in [4.69, 9.17) is 11.6 Å². The Labute approximate surface area is 243 Å². The van der Waals surface area contributed by atoms with Gasteiger partial charge in [-0.05, 0) is 94.6 Å². The number of benzene rings is 2. The van der Waals surface area contributed by atoms with E-state index in [2.05, 4.69) is 10.2 Å². The number of piperidine rings is 2. The average molecular weight is 589 g/mol. The lowest BCUT2D eigenvalue weighted by molar-refractivity contribution is -0.133. The number of rotatable bonds is 9. The van der Waals surface area contributed by atoms with Crippen LogP contribution in [0.25, 0.3) is 0 Å². The molecule has 2 aromatic rings. The summed E-state index contributed by atoms with van der Waals surface area (Å²) in [5, 5.41) is 3.26. The zero-order valence-corrected chi connectivity index (χ0v) is 25.3. The summed E-state index contributed by atoms with van der Waals surface area (Å²) in [5.41, 5.74) is 2.54. The van der Waals surface area contributed by atoms with Crippen LogP contribution < -0.4 is 10.2 Å². The van der Waals surface area contributed by atoms with Crippen molar-refractivity contribution >= 4 is 44.6 Å². The Morgan fingerprint density at radius 2 is 1.73 bits per heavy atom. The van der Waals surface area contributed by atoms with Gasteiger partial charge in [-0.3, -0.25) is 9.59 Å². The van der Waals surface area contributed by atoms with Gasteiger partial charge in [-0.15, -0.1) is 0 Å². The number of anilines is 2. The van der Waals surface area contributed by atoms with Crippen molar-refractivity contribution in [3.63, 3.8) is 0 Å². The van der Waals surface area contributed by atoms with Crippen molar-refractivity contribution in [1.82, 2.24) is 9.80 Å². The molecule has 218 valence electrons. The number of aryl methyl sites for hydroxylation is 1. The number of halogens is 1. The lowest BCUT2D eigenvalue weighted by Crippen LogP contribution is -2.45. The first-order chi connectivity index (χ1) is 19.1. The monoisotopic (exact) mass is 588 g/mol. The van der Waals surface area contributed by atoms with Crippen LogP contribution in [0.15, 0.2) is 47.4 Å². The van der Waals surface area contributed by atoms with Crippen LogP contribution in [0.2, 0.25) is 5.02 Å². The van der Waals surface area contributed by atoms with E-state index < -0.39 is 9.84 Å². The second-order valence-corrected chi connectivity index (χ2v) is 13.6. The van der Waals surface area contributed by atoms with Crippen LogP contribution in [-0.2, 0) is 19.4 Å². The third kappa shape index (κ3) is 7.17. The summed E-state index contributed by atoms with van der Waals surface area (Å²) >= 11 is 6.43. The molecule has 40 heavy (non-hydrogen) atoms. The molecule has 2 amide bonds. The van der Waals surface area contributed by atoms with Gasteiger partial charge in [-0.25, -0.2) is 8.42 Å². The second kappa shape index (κ2) is 13.4. The molecule has 0 unspecified atom stereocenters. The highest BCUT2D eigenvalue weighted by molar-refractivity contribution is 7.92. The van der Waals surface area contributed by atoms with E-state index in [0.717, 1.165) is 29.9 Å². The molecule has 2 aliphatic rings. The van der Waals surface area contributed by atoms with E-state index >= 15 is 0 Å². The third-order valence-electron chi connectivity index (χ3n) is 8.30. The summed E-state index contributed by atoms with van der Waals surface area (Å²) in [7, 11) is -1.60. The molecule has 0 saturated carbocycles. The number of sulfone groups is 1. The molecule has 2 aromatic carbocycles. The Bertz CT molecular complexity index is 1300. The molecule has 0 radical (unpaired) electrons. The van der Waals surface area contributed by atoms with Crippen LogP contribution in [0.5, 0.6) is 0 Å². The highest BCUT2D eigenvalue weighted by Gasteiger charge is 2.32. The van der Waals surface area contributed by atoms with Gasteiger partial charge < -0.3 is 20.0 Å². The number of nitrogens with one attached hydrogen (secondary N) is 1. The second-order valence-electron chi connectivity index (χ2n) is 10.9. The van der Waals surface area contributed by atoms with Crippen LogP contribution in [0, 0.1) is 12.8 Å². The maximum atomic E-state index is 13.7. The topological polar surface area (TPSA) is 90.0 Å². The van der Waals surface area contributed by atoms with Crippen molar-refractivity contribution in [3.8, 4) is 0 Å². The number of hydrogen-bond donors (Lipinski definition) is 1. The van der Waals surface area contributed by atoms with Gasteiger partial charge in [0.05, 0.1) is 10.1 Å². The SMILES string of the molecule is CNc1cccc(S(=O)(=O)C2CCN(CCCN(C(=O)C3CCN(C(C)=O)CC3)c3ccc(C)c(Cl)c3)CC2)c1. The smallest absolute Gasteiger partial charge is 0.230 e. The van der Waals surface area contributed by atoms with Crippen LogP contribution in [0.4, 0.5) is 11.4 Å². The fourth-order valence-electron chi connectivity index (χ4n) is 5.69. The van der Waals surface area contributed by atoms with E-state index in [-0.39, 0.29) is 23.0 Å². The Hall–Kier alpha value is -2.62. The molecule has 2 aliphatic heterocycles. The number of carbonyl (C=O) groups is 2. The minimum Gasteiger partial charge on any atom is -0.388 e. The van der Waals surface area contributed by atoms with Gasteiger partial charge in [0, 0.05) is 55.9 Å². The zero-order valence-electron chi connectivity index (χ0n) is 23.7. The quantitative estimate of drug-likeness (QED) is 0.460. The molecule has 2 saturated heterocycles. The van der Waals surface area contributed by atoms with Gasteiger partial charge in [0.2, 0.25) is 11.8 Å². The highest BCUT2D eigenvalue weighted by atomic mass is 35.5. The van der Waals surface area contributed by atoms with E-state index in [0.29, 0.717) is 68.3 Å². The molecule has 0 bridgehead atoms. The molecule has 0 aliphatic carbocycles. The van der Waals surface area contributed by atoms with Crippen molar-refractivity contribution in [2.24, 2.45) is 5.92 Å². The van der Waals surface area contributed by atoms with Crippen molar-refractivity contribution in [2.75, 3.05) is 56.5 Å². The van der Waals surface area contributed by atoms with Crippen molar-refractivity contribution in [3.05, 3.63) is 53.1 Å². The predicted octanol–water partition coefficient (Wildman–Crippen LogP) is 4.61. The number of nitrogens with zero attached hydrogens (tertiary/aromatic N) is 3. The van der Waals surface area contributed by atoms with Gasteiger partial charge >= 0.3 is 0 Å². The van der Waals surface area contributed by atoms with Gasteiger partial charge in [-0.1, -0.05) is 23.7 Å². The first-order valence-corrected chi connectivity index (χ1v) is 16.1. The first-order valence-electron chi connectivity index (χ1n) is 14.2. The van der Waals surface area contributed by atoms with Crippen molar-refractivity contribution < 1.29 is 18.0 Å². The van der Waals surface area contributed by atoms with Gasteiger partial charge in [0.1, 0.15) is 0 Å². The lowest BCUT2D eigenvalue weighted by Gasteiger charge is -2.35. The molecule has 0 aromatic heterocycles. The summed E-state index contributed by atoms with van der Waals surface area (Å²) in [6.07, 6.45) is 3.28. The van der Waals surface area contributed by atoms with Crippen LogP contribution >= 0.6 is 11.6 Å². The molecule has 8 nitrogen and oxygen atoms in total. The van der Waals surface area contributed by atoms with Crippen LogP contribution in [0.1, 0.15) is 44.6 Å². The number of likely N-dealkylation sites (tertiary alicyclic amines) is 2. The van der Waals surface area contributed by atoms with Gasteiger partial charge in [0.15, 0.2) is 9.84 Å².